The Labute approximate surface area is 173 Å². The largest absolute Gasteiger partial charge is 0.491 e. The Morgan fingerprint density at radius 1 is 0.750 bits per heavy atom. The number of rotatable bonds is 18. The highest BCUT2D eigenvalue weighted by molar-refractivity contribution is 7.92. The molecule has 0 atom stereocenters. The molecule has 0 heterocycles. The number of sulfonamides is 1. The minimum absolute atomic E-state index is 0.149. The first kappa shape index (κ1) is 24.8. The van der Waals surface area contributed by atoms with Crippen LogP contribution in [0.2, 0.25) is 0 Å². The average molecular weight is 412 g/mol. The summed E-state index contributed by atoms with van der Waals surface area (Å²) in [6.07, 6.45) is 15.8. The van der Waals surface area contributed by atoms with Crippen molar-refractivity contribution in [2.75, 3.05) is 17.1 Å². The zero-order valence-electron chi connectivity index (χ0n) is 18.0. The fraction of sp³-hybridized carbons (Fsp3) is 0.739. The lowest BCUT2D eigenvalue weighted by Crippen LogP contribution is -2.17. The van der Waals surface area contributed by atoms with Gasteiger partial charge in [0.2, 0.25) is 10.0 Å². The van der Waals surface area contributed by atoms with Crippen LogP contribution in [-0.4, -0.2) is 20.8 Å². The summed E-state index contributed by atoms with van der Waals surface area (Å²) in [5.74, 6) is 0.769. The molecule has 28 heavy (non-hydrogen) atoms. The maximum Gasteiger partial charge on any atom is 0.232 e. The molecule has 0 spiro atoms. The highest BCUT2D eigenvalue weighted by Crippen LogP contribution is 2.25. The van der Waals surface area contributed by atoms with Gasteiger partial charge in [-0.15, -0.1) is 0 Å². The lowest BCUT2D eigenvalue weighted by atomic mass is 10.1. The van der Waals surface area contributed by atoms with Gasteiger partial charge in [-0.1, -0.05) is 96.6 Å². The molecule has 0 bridgehead atoms. The number of hydrogen-bond acceptors (Lipinski definition) is 3. The van der Waals surface area contributed by atoms with E-state index in [1.807, 2.05) is 25.1 Å². The van der Waals surface area contributed by atoms with Gasteiger partial charge in [-0.05, 0) is 25.0 Å². The van der Waals surface area contributed by atoms with E-state index in [-0.39, 0.29) is 5.75 Å². The van der Waals surface area contributed by atoms with Crippen LogP contribution >= 0.6 is 0 Å². The third-order valence-electron chi connectivity index (χ3n) is 4.92. The monoisotopic (exact) mass is 411 g/mol. The number of nitrogens with one attached hydrogen (secondary N) is 1. The zero-order valence-corrected chi connectivity index (χ0v) is 18.9. The summed E-state index contributed by atoms with van der Waals surface area (Å²) in [6.45, 7) is 4.87. The summed E-state index contributed by atoms with van der Waals surface area (Å²) in [7, 11) is -3.31. The Bertz CT molecular complexity index is 602. The molecule has 4 nitrogen and oxygen atoms in total. The lowest BCUT2D eigenvalue weighted by molar-refractivity contribution is 0.306. The fourth-order valence-corrected chi connectivity index (χ4v) is 4.45. The van der Waals surface area contributed by atoms with Crippen molar-refractivity contribution in [3.05, 3.63) is 24.3 Å². The summed E-state index contributed by atoms with van der Waals surface area (Å²) >= 11 is 0. The smallest absolute Gasteiger partial charge is 0.232 e. The van der Waals surface area contributed by atoms with Gasteiger partial charge < -0.3 is 4.74 Å². The maximum atomic E-state index is 12.1. The molecule has 0 radical (unpaired) electrons. The predicted octanol–water partition coefficient (Wildman–Crippen LogP) is 6.92. The van der Waals surface area contributed by atoms with Crippen molar-refractivity contribution in [1.29, 1.82) is 0 Å². The van der Waals surface area contributed by atoms with Gasteiger partial charge >= 0.3 is 0 Å². The number of benzene rings is 1. The van der Waals surface area contributed by atoms with Gasteiger partial charge in [-0.3, -0.25) is 4.72 Å². The molecule has 1 aromatic carbocycles. The summed E-state index contributed by atoms with van der Waals surface area (Å²) in [4.78, 5) is 0. The number of anilines is 1. The highest BCUT2D eigenvalue weighted by Gasteiger charge is 2.12. The standard InChI is InChI=1S/C23H41NO3S/c1-3-5-7-8-9-10-11-12-13-14-17-20-27-23-19-16-15-18-22(23)24-28(25,26)21-6-4-2/h15-16,18-19,24H,3-14,17,20-21H2,1-2H3. The van der Waals surface area contributed by atoms with E-state index in [0.29, 0.717) is 24.5 Å². The van der Waals surface area contributed by atoms with E-state index in [0.717, 1.165) is 12.8 Å². The number of hydrogen-bond donors (Lipinski definition) is 1. The third-order valence-corrected chi connectivity index (χ3v) is 6.28. The van der Waals surface area contributed by atoms with Crippen LogP contribution in [-0.2, 0) is 10.0 Å². The molecule has 5 heteroatoms. The molecule has 0 aliphatic carbocycles. The van der Waals surface area contributed by atoms with Crippen molar-refractivity contribution in [2.45, 2.75) is 97.3 Å². The van der Waals surface area contributed by atoms with Crippen LogP contribution in [0.3, 0.4) is 0 Å². The number of para-hydroxylation sites is 2. The van der Waals surface area contributed by atoms with Crippen molar-refractivity contribution in [3.8, 4) is 5.75 Å². The lowest BCUT2D eigenvalue weighted by Gasteiger charge is -2.13. The van der Waals surface area contributed by atoms with Crippen LogP contribution in [0.4, 0.5) is 5.69 Å². The Balaban J connectivity index is 2.17. The molecular formula is C23H41NO3S. The Morgan fingerprint density at radius 3 is 1.89 bits per heavy atom. The van der Waals surface area contributed by atoms with E-state index in [1.54, 1.807) is 6.07 Å². The van der Waals surface area contributed by atoms with E-state index in [2.05, 4.69) is 11.6 Å². The molecule has 0 aliphatic rings. The fourth-order valence-electron chi connectivity index (χ4n) is 3.18. The predicted molar refractivity (Wildman–Crippen MR) is 121 cm³/mol. The molecular weight excluding hydrogens is 370 g/mol. The van der Waals surface area contributed by atoms with Crippen molar-refractivity contribution >= 4 is 15.7 Å². The molecule has 1 aromatic rings. The van der Waals surface area contributed by atoms with Crippen LogP contribution in [0.25, 0.3) is 0 Å². The molecule has 1 rings (SSSR count). The van der Waals surface area contributed by atoms with Gasteiger partial charge in [0, 0.05) is 0 Å². The van der Waals surface area contributed by atoms with E-state index in [9.17, 15) is 8.42 Å². The van der Waals surface area contributed by atoms with Gasteiger partial charge in [0.15, 0.2) is 0 Å². The second-order valence-corrected chi connectivity index (χ2v) is 9.50. The van der Waals surface area contributed by atoms with Crippen molar-refractivity contribution in [2.24, 2.45) is 0 Å². The summed E-state index contributed by atoms with van der Waals surface area (Å²) < 4.78 is 32.7. The average Bonchev–Trinajstić information content (AvgIpc) is 2.68. The van der Waals surface area contributed by atoms with Crippen LogP contribution in [0.5, 0.6) is 5.75 Å². The first-order valence-corrected chi connectivity index (χ1v) is 13.0. The zero-order chi connectivity index (χ0) is 20.5. The van der Waals surface area contributed by atoms with Crippen LogP contribution in [0.1, 0.15) is 97.3 Å². The summed E-state index contributed by atoms with van der Waals surface area (Å²) in [5, 5.41) is 0. The van der Waals surface area contributed by atoms with Gasteiger partial charge in [0.1, 0.15) is 5.75 Å². The molecule has 1 N–H and O–H groups in total. The normalized spacial score (nSPS) is 11.5. The van der Waals surface area contributed by atoms with Gasteiger partial charge in [-0.25, -0.2) is 8.42 Å². The van der Waals surface area contributed by atoms with Crippen molar-refractivity contribution in [3.63, 3.8) is 0 Å². The third kappa shape index (κ3) is 12.3. The van der Waals surface area contributed by atoms with Gasteiger partial charge in [0.25, 0.3) is 0 Å². The second kappa shape index (κ2) is 15.7. The summed E-state index contributed by atoms with van der Waals surface area (Å²) in [5.41, 5.74) is 0.543. The van der Waals surface area contributed by atoms with Crippen LogP contribution < -0.4 is 9.46 Å². The minimum atomic E-state index is -3.31. The van der Waals surface area contributed by atoms with E-state index in [4.69, 9.17) is 4.74 Å². The van der Waals surface area contributed by atoms with Crippen LogP contribution in [0, 0.1) is 0 Å². The van der Waals surface area contributed by atoms with Crippen LogP contribution in [0.15, 0.2) is 24.3 Å². The Kier molecular flexibility index (Phi) is 13.9. The topological polar surface area (TPSA) is 55.4 Å². The van der Waals surface area contributed by atoms with Gasteiger partial charge in [-0.2, -0.15) is 0 Å². The molecule has 0 aliphatic heterocycles. The quantitative estimate of drug-likeness (QED) is 0.267. The molecule has 0 fully saturated rings. The maximum absolute atomic E-state index is 12.1. The van der Waals surface area contributed by atoms with Gasteiger partial charge in [0.05, 0.1) is 18.0 Å². The molecule has 0 aromatic heterocycles. The van der Waals surface area contributed by atoms with E-state index in [1.165, 1.54) is 64.2 Å². The number of ether oxygens (including phenoxy) is 1. The van der Waals surface area contributed by atoms with E-state index < -0.39 is 10.0 Å². The molecule has 0 saturated carbocycles. The first-order valence-electron chi connectivity index (χ1n) is 11.3. The first-order chi connectivity index (χ1) is 13.6. The minimum Gasteiger partial charge on any atom is -0.491 e. The Hall–Kier alpha value is -1.23. The molecule has 0 unspecified atom stereocenters. The van der Waals surface area contributed by atoms with Crippen molar-refractivity contribution < 1.29 is 13.2 Å². The second-order valence-electron chi connectivity index (χ2n) is 7.65. The molecule has 0 amide bonds. The summed E-state index contributed by atoms with van der Waals surface area (Å²) in [6, 6.07) is 7.29. The molecule has 162 valence electrons. The van der Waals surface area contributed by atoms with E-state index >= 15 is 0 Å². The highest BCUT2D eigenvalue weighted by atomic mass is 32.2. The Morgan fingerprint density at radius 2 is 1.29 bits per heavy atom. The SMILES string of the molecule is CCCCCCCCCCCCCOc1ccccc1NS(=O)(=O)CCCC. The molecule has 0 saturated heterocycles. The number of unbranched alkanes of at least 4 members (excludes halogenated alkanes) is 11. The van der Waals surface area contributed by atoms with Crippen molar-refractivity contribution in [1.82, 2.24) is 0 Å².